The molecule has 1 aliphatic rings. The molecule has 1 fully saturated rings. The van der Waals surface area contributed by atoms with Crippen molar-refractivity contribution in [2.24, 2.45) is 5.92 Å². The van der Waals surface area contributed by atoms with Crippen molar-refractivity contribution in [1.29, 1.82) is 0 Å². The molecule has 144 valence electrons. The molecule has 3 rings (SSSR count). The summed E-state index contributed by atoms with van der Waals surface area (Å²) in [5, 5.41) is 3.16. The number of ether oxygens (including phenoxy) is 1. The molecule has 0 spiro atoms. The van der Waals surface area contributed by atoms with Crippen molar-refractivity contribution in [2.45, 2.75) is 31.2 Å². The lowest BCUT2D eigenvalue weighted by molar-refractivity contribution is -0.121. The maximum atomic E-state index is 12.7. The quantitative estimate of drug-likeness (QED) is 0.729. The number of rotatable bonds is 9. The second-order valence-corrected chi connectivity index (χ2v) is 7.62. The number of hydrogen-bond donors (Lipinski definition) is 1. The maximum absolute atomic E-state index is 12.7. The summed E-state index contributed by atoms with van der Waals surface area (Å²) in [6.07, 6.45) is 2.98. The molecule has 2 unspecified atom stereocenters. The fourth-order valence-corrected chi connectivity index (χ4v) is 3.66. The van der Waals surface area contributed by atoms with Crippen LogP contribution >= 0.6 is 0 Å². The Morgan fingerprint density at radius 3 is 2.30 bits per heavy atom. The zero-order valence-electron chi connectivity index (χ0n) is 16.5. The molecule has 1 N–H and O–H groups in total. The molecular formula is C23H30N2O2. The van der Waals surface area contributed by atoms with Crippen LogP contribution in [0.1, 0.15) is 42.3 Å². The molecule has 0 saturated heterocycles. The minimum atomic E-state index is 0.130. The summed E-state index contributed by atoms with van der Waals surface area (Å²) in [5.74, 6) is 1.91. The van der Waals surface area contributed by atoms with Gasteiger partial charge in [0.05, 0.1) is 13.2 Å². The van der Waals surface area contributed by atoms with Gasteiger partial charge in [-0.05, 0) is 62.0 Å². The van der Waals surface area contributed by atoms with Crippen LogP contribution in [-0.4, -0.2) is 38.6 Å². The van der Waals surface area contributed by atoms with E-state index >= 15 is 0 Å². The van der Waals surface area contributed by atoms with Gasteiger partial charge in [0.25, 0.3) is 0 Å². The van der Waals surface area contributed by atoms with E-state index in [1.54, 1.807) is 7.11 Å². The van der Waals surface area contributed by atoms with E-state index in [9.17, 15) is 4.79 Å². The average Bonchev–Trinajstić information content (AvgIpc) is 3.52. The third kappa shape index (κ3) is 5.33. The predicted octanol–water partition coefficient (Wildman–Crippen LogP) is 4.00. The van der Waals surface area contributed by atoms with Gasteiger partial charge in [-0.1, -0.05) is 42.5 Å². The van der Waals surface area contributed by atoms with Gasteiger partial charge in [-0.15, -0.1) is 0 Å². The predicted molar refractivity (Wildman–Crippen MR) is 109 cm³/mol. The van der Waals surface area contributed by atoms with Crippen molar-refractivity contribution in [1.82, 2.24) is 10.2 Å². The van der Waals surface area contributed by atoms with E-state index in [2.05, 4.69) is 34.5 Å². The van der Waals surface area contributed by atoms with Crippen LogP contribution in [0.3, 0.4) is 0 Å². The first-order chi connectivity index (χ1) is 13.1. The first-order valence-corrected chi connectivity index (χ1v) is 9.70. The van der Waals surface area contributed by atoms with E-state index in [-0.39, 0.29) is 11.9 Å². The van der Waals surface area contributed by atoms with Crippen LogP contribution < -0.4 is 10.1 Å². The second kappa shape index (κ2) is 9.05. The summed E-state index contributed by atoms with van der Waals surface area (Å²) < 4.78 is 5.25. The fraction of sp³-hybridized carbons (Fsp3) is 0.435. The lowest BCUT2D eigenvalue weighted by Crippen LogP contribution is -2.35. The highest BCUT2D eigenvalue weighted by Crippen LogP contribution is 2.44. The Labute approximate surface area is 162 Å². The number of amides is 1. The summed E-state index contributed by atoms with van der Waals surface area (Å²) in [5.41, 5.74) is 2.46. The van der Waals surface area contributed by atoms with Gasteiger partial charge in [0, 0.05) is 13.0 Å². The summed E-state index contributed by atoms with van der Waals surface area (Å²) >= 11 is 0. The Balaban J connectivity index is 1.60. The number of hydrogen-bond acceptors (Lipinski definition) is 3. The average molecular weight is 367 g/mol. The third-order valence-electron chi connectivity index (χ3n) is 5.44. The van der Waals surface area contributed by atoms with E-state index in [0.29, 0.717) is 24.8 Å². The number of likely N-dealkylation sites (N-methyl/N-ethyl adjacent to an activating group) is 1. The van der Waals surface area contributed by atoms with Crippen LogP contribution in [0.4, 0.5) is 0 Å². The van der Waals surface area contributed by atoms with E-state index in [1.165, 1.54) is 24.0 Å². The molecular weight excluding hydrogens is 336 g/mol. The smallest absolute Gasteiger partial charge is 0.220 e. The number of nitrogens with one attached hydrogen (secondary N) is 1. The summed E-state index contributed by atoms with van der Waals surface area (Å²) in [6.45, 7) is 0.621. The number of carbonyl (C=O) groups excluding carboxylic acids is 1. The van der Waals surface area contributed by atoms with Gasteiger partial charge in [0.2, 0.25) is 5.91 Å². The van der Waals surface area contributed by atoms with Crippen LogP contribution in [0.25, 0.3) is 0 Å². The molecule has 0 aromatic heterocycles. The van der Waals surface area contributed by atoms with Crippen LogP contribution in [-0.2, 0) is 4.79 Å². The molecule has 2 aromatic carbocycles. The van der Waals surface area contributed by atoms with E-state index in [4.69, 9.17) is 4.74 Å². The van der Waals surface area contributed by atoms with E-state index in [0.717, 1.165) is 5.75 Å². The molecule has 2 atom stereocenters. The van der Waals surface area contributed by atoms with Crippen molar-refractivity contribution >= 4 is 5.91 Å². The highest BCUT2D eigenvalue weighted by Gasteiger charge is 2.33. The van der Waals surface area contributed by atoms with Crippen LogP contribution in [0.15, 0.2) is 54.6 Å². The zero-order valence-corrected chi connectivity index (χ0v) is 16.5. The number of nitrogens with zero attached hydrogens (tertiary/aromatic N) is 1. The van der Waals surface area contributed by atoms with Gasteiger partial charge in [-0.3, -0.25) is 4.79 Å². The third-order valence-corrected chi connectivity index (χ3v) is 5.44. The minimum Gasteiger partial charge on any atom is -0.497 e. The number of benzene rings is 2. The summed E-state index contributed by atoms with van der Waals surface area (Å²) in [7, 11) is 5.77. The molecule has 2 aromatic rings. The minimum absolute atomic E-state index is 0.130. The SMILES string of the molecule is COc1ccc(C(CC(=O)NCC(c2ccccc2)N(C)C)C2CC2)cc1. The number of methoxy groups -OCH3 is 1. The van der Waals surface area contributed by atoms with Crippen molar-refractivity contribution in [2.75, 3.05) is 27.7 Å². The van der Waals surface area contributed by atoms with Crippen LogP contribution in [0.2, 0.25) is 0 Å². The second-order valence-electron chi connectivity index (χ2n) is 7.62. The standard InChI is InChI=1S/C23H30N2O2/c1-25(2)22(19-7-5-4-6-8-19)16-24-23(26)15-21(17-9-10-17)18-11-13-20(27-3)14-12-18/h4-8,11-14,17,21-22H,9-10,15-16H2,1-3H3,(H,24,26). The highest BCUT2D eigenvalue weighted by molar-refractivity contribution is 5.77. The lowest BCUT2D eigenvalue weighted by Gasteiger charge is -2.25. The van der Waals surface area contributed by atoms with Gasteiger partial charge in [-0.25, -0.2) is 0 Å². The van der Waals surface area contributed by atoms with Crippen LogP contribution in [0, 0.1) is 5.92 Å². The molecule has 4 heteroatoms. The van der Waals surface area contributed by atoms with Crippen LogP contribution in [0.5, 0.6) is 5.75 Å². The Bertz CT molecular complexity index is 724. The Morgan fingerprint density at radius 1 is 1.07 bits per heavy atom. The van der Waals surface area contributed by atoms with Gasteiger partial charge in [-0.2, -0.15) is 0 Å². The zero-order chi connectivity index (χ0) is 19.2. The van der Waals surface area contributed by atoms with Crippen molar-refractivity contribution < 1.29 is 9.53 Å². The first kappa shape index (κ1) is 19.4. The van der Waals surface area contributed by atoms with E-state index in [1.807, 2.05) is 44.4 Å². The highest BCUT2D eigenvalue weighted by atomic mass is 16.5. The molecule has 4 nitrogen and oxygen atoms in total. The molecule has 0 radical (unpaired) electrons. The summed E-state index contributed by atoms with van der Waals surface area (Å²) in [4.78, 5) is 14.8. The van der Waals surface area contributed by atoms with Crippen molar-refractivity contribution in [3.63, 3.8) is 0 Å². The van der Waals surface area contributed by atoms with Crippen molar-refractivity contribution in [3.8, 4) is 5.75 Å². The topological polar surface area (TPSA) is 41.6 Å². The normalized spacial score (nSPS) is 16.0. The summed E-state index contributed by atoms with van der Waals surface area (Å²) in [6, 6.07) is 18.7. The lowest BCUT2D eigenvalue weighted by atomic mass is 9.90. The van der Waals surface area contributed by atoms with Gasteiger partial charge in [0.1, 0.15) is 5.75 Å². The largest absolute Gasteiger partial charge is 0.497 e. The number of carbonyl (C=O) groups is 1. The molecule has 1 amide bonds. The molecule has 0 aliphatic heterocycles. The van der Waals surface area contributed by atoms with Crippen molar-refractivity contribution in [3.05, 3.63) is 65.7 Å². The van der Waals surface area contributed by atoms with Gasteiger partial charge >= 0.3 is 0 Å². The monoisotopic (exact) mass is 366 g/mol. The molecule has 1 saturated carbocycles. The Morgan fingerprint density at radius 2 is 1.74 bits per heavy atom. The Hall–Kier alpha value is -2.33. The molecule has 1 aliphatic carbocycles. The molecule has 27 heavy (non-hydrogen) atoms. The molecule has 0 bridgehead atoms. The first-order valence-electron chi connectivity index (χ1n) is 9.70. The van der Waals surface area contributed by atoms with Gasteiger partial charge in [0.15, 0.2) is 0 Å². The van der Waals surface area contributed by atoms with E-state index < -0.39 is 0 Å². The van der Waals surface area contributed by atoms with Gasteiger partial charge < -0.3 is 15.0 Å². The fourth-order valence-electron chi connectivity index (χ4n) is 3.66. The Kier molecular flexibility index (Phi) is 6.51. The maximum Gasteiger partial charge on any atom is 0.220 e. The molecule has 0 heterocycles.